The molecule has 0 amide bonds. The van der Waals surface area contributed by atoms with E-state index < -0.39 is 0 Å². The molecule has 0 aliphatic carbocycles. The zero-order chi connectivity index (χ0) is 15.2. The molecule has 0 atom stereocenters. The van der Waals surface area contributed by atoms with E-state index in [2.05, 4.69) is 43.1 Å². The van der Waals surface area contributed by atoms with E-state index in [1.807, 2.05) is 24.3 Å². The van der Waals surface area contributed by atoms with Gasteiger partial charge in [0.1, 0.15) is 5.82 Å². The maximum Gasteiger partial charge on any atom is 0.123 e. The largest absolute Gasteiger partial charge is 0.342 e. The van der Waals surface area contributed by atoms with Crippen LogP contribution in [0.15, 0.2) is 48.5 Å². The molecule has 3 heteroatoms. The first-order valence-corrected chi connectivity index (χ1v) is 7.46. The van der Waals surface area contributed by atoms with Crippen LogP contribution in [0.3, 0.4) is 0 Å². The van der Waals surface area contributed by atoms with Crippen LogP contribution in [0.4, 0.5) is 15.8 Å². The molecule has 2 aromatic rings. The Bertz CT molecular complexity index is 567. The fourth-order valence-electron chi connectivity index (χ4n) is 2.37. The average Bonchev–Trinajstić information content (AvgIpc) is 2.48. The van der Waals surface area contributed by atoms with Crippen LogP contribution in [-0.4, -0.2) is 12.6 Å². The van der Waals surface area contributed by atoms with Gasteiger partial charge in [0.05, 0.1) is 0 Å². The maximum absolute atomic E-state index is 13.6. The highest BCUT2D eigenvalue weighted by Gasteiger charge is 2.12. The third kappa shape index (κ3) is 4.05. The summed E-state index contributed by atoms with van der Waals surface area (Å²) in [6, 6.07) is 15.6. The summed E-state index contributed by atoms with van der Waals surface area (Å²) in [5, 5.41) is 3.37. The van der Waals surface area contributed by atoms with Gasteiger partial charge in [0.15, 0.2) is 0 Å². The molecule has 2 rings (SSSR count). The molecule has 0 heterocycles. The van der Waals surface area contributed by atoms with Gasteiger partial charge in [-0.05, 0) is 42.8 Å². The number of nitrogens with one attached hydrogen (secondary N) is 1. The summed E-state index contributed by atoms with van der Waals surface area (Å²) in [4.78, 5) is 2.21. The van der Waals surface area contributed by atoms with E-state index in [0.29, 0.717) is 12.6 Å². The van der Waals surface area contributed by atoms with Crippen molar-refractivity contribution >= 4 is 11.4 Å². The summed E-state index contributed by atoms with van der Waals surface area (Å²) in [6.45, 7) is 7.79. The Balaban J connectivity index is 2.36. The third-order valence-corrected chi connectivity index (χ3v) is 3.42. The number of rotatable bonds is 6. The highest BCUT2D eigenvalue weighted by Crippen LogP contribution is 2.29. The highest BCUT2D eigenvalue weighted by molar-refractivity contribution is 5.66. The van der Waals surface area contributed by atoms with Crippen LogP contribution in [0.2, 0.25) is 0 Å². The van der Waals surface area contributed by atoms with E-state index in [1.54, 1.807) is 6.07 Å². The Kier molecular flexibility index (Phi) is 5.34. The quantitative estimate of drug-likeness (QED) is 0.842. The van der Waals surface area contributed by atoms with E-state index in [1.165, 1.54) is 6.07 Å². The van der Waals surface area contributed by atoms with Crippen molar-refractivity contribution in [3.63, 3.8) is 0 Å². The molecular weight excluding hydrogens is 263 g/mol. The lowest BCUT2D eigenvalue weighted by atomic mass is 10.1. The SMILES string of the molecule is CCN(c1ccccc1)c1ccc(F)cc1CNC(C)C. The van der Waals surface area contributed by atoms with Gasteiger partial charge in [-0.1, -0.05) is 32.0 Å². The second-order valence-corrected chi connectivity index (χ2v) is 5.39. The summed E-state index contributed by atoms with van der Waals surface area (Å²) in [5.41, 5.74) is 3.16. The highest BCUT2D eigenvalue weighted by atomic mass is 19.1. The Morgan fingerprint density at radius 1 is 1.10 bits per heavy atom. The predicted octanol–water partition coefficient (Wildman–Crippen LogP) is 4.48. The van der Waals surface area contributed by atoms with Crippen LogP contribution in [0.25, 0.3) is 0 Å². The number of nitrogens with zero attached hydrogens (tertiary/aromatic N) is 1. The monoisotopic (exact) mass is 286 g/mol. The molecule has 0 unspecified atom stereocenters. The smallest absolute Gasteiger partial charge is 0.123 e. The molecule has 0 spiro atoms. The minimum absolute atomic E-state index is 0.191. The van der Waals surface area contributed by atoms with Gasteiger partial charge in [-0.2, -0.15) is 0 Å². The Morgan fingerprint density at radius 3 is 2.43 bits per heavy atom. The van der Waals surface area contributed by atoms with Gasteiger partial charge in [0, 0.05) is 30.5 Å². The summed E-state index contributed by atoms with van der Waals surface area (Å²) >= 11 is 0. The molecule has 0 bridgehead atoms. The van der Waals surface area contributed by atoms with Crippen molar-refractivity contribution in [2.24, 2.45) is 0 Å². The number of hydrogen-bond acceptors (Lipinski definition) is 2. The van der Waals surface area contributed by atoms with Crippen LogP contribution in [0, 0.1) is 5.82 Å². The van der Waals surface area contributed by atoms with Gasteiger partial charge in [0.25, 0.3) is 0 Å². The normalized spacial score (nSPS) is 10.9. The molecule has 0 aromatic heterocycles. The zero-order valence-electron chi connectivity index (χ0n) is 12.9. The molecule has 0 aliphatic heterocycles. The summed E-state index contributed by atoms with van der Waals surface area (Å²) in [6.07, 6.45) is 0. The van der Waals surface area contributed by atoms with Crippen LogP contribution in [-0.2, 0) is 6.54 Å². The number of anilines is 2. The van der Waals surface area contributed by atoms with Crippen LogP contribution in [0.5, 0.6) is 0 Å². The first-order chi connectivity index (χ1) is 10.1. The Hall–Kier alpha value is -1.87. The third-order valence-electron chi connectivity index (χ3n) is 3.42. The van der Waals surface area contributed by atoms with Crippen molar-refractivity contribution in [3.05, 3.63) is 59.9 Å². The maximum atomic E-state index is 13.6. The molecule has 1 N–H and O–H groups in total. The van der Waals surface area contributed by atoms with Crippen molar-refractivity contribution in [2.45, 2.75) is 33.4 Å². The molecule has 0 saturated heterocycles. The first-order valence-electron chi connectivity index (χ1n) is 7.46. The van der Waals surface area contributed by atoms with Crippen molar-refractivity contribution < 1.29 is 4.39 Å². The number of para-hydroxylation sites is 1. The second kappa shape index (κ2) is 7.23. The van der Waals surface area contributed by atoms with Crippen molar-refractivity contribution in [1.29, 1.82) is 0 Å². The first kappa shape index (κ1) is 15.5. The topological polar surface area (TPSA) is 15.3 Å². The predicted molar refractivity (Wildman–Crippen MR) is 87.5 cm³/mol. The van der Waals surface area contributed by atoms with Gasteiger partial charge < -0.3 is 10.2 Å². The van der Waals surface area contributed by atoms with Crippen LogP contribution < -0.4 is 10.2 Å². The van der Waals surface area contributed by atoms with E-state index in [9.17, 15) is 4.39 Å². The van der Waals surface area contributed by atoms with Crippen molar-refractivity contribution in [2.75, 3.05) is 11.4 Å². The lowest BCUT2D eigenvalue weighted by molar-refractivity contribution is 0.581. The van der Waals surface area contributed by atoms with Crippen molar-refractivity contribution in [1.82, 2.24) is 5.32 Å². The van der Waals surface area contributed by atoms with Gasteiger partial charge in [-0.3, -0.25) is 0 Å². The lowest BCUT2D eigenvalue weighted by Crippen LogP contribution is -2.24. The summed E-state index contributed by atoms with van der Waals surface area (Å²) in [5.74, 6) is -0.191. The zero-order valence-corrected chi connectivity index (χ0v) is 12.9. The molecule has 112 valence electrons. The fraction of sp³-hybridized carbons (Fsp3) is 0.333. The fourth-order valence-corrected chi connectivity index (χ4v) is 2.37. The second-order valence-electron chi connectivity index (χ2n) is 5.39. The summed E-state index contributed by atoms with van der Waals surface area (Å²) in [7, 11) is 0. The molecule has 0 fully saturated rings. The van der Waals surface area contributed by atoms with Gasteiger partial charge in [-0.15, -0.1) is 0 Å². The van der Waals surface area contributed by atoms with E-state index in [4.69, 9.17) is 0 Å². The summed E-state index contributed by atoms with van der Waals surface area (Å²) < 4.78 is 13.6. The minimum atomic E-state index is -0.191. The number of hydrogen-bond donors (Lipinski definition) is 1. The lowest BCUT2D eigenvalue weighted by Gasteiger charge is -2.26. The van der Waals surface area contributed by atoms with E-state index in [-0.39, 0.29) is 5.82 Å². The number of halogens is 1. The standard InChI is InChI=1S/C18H23FN2/c1-4-21(17-8-6-5-7-9-17)18-11-10-16(19)12-15(18)13-20-14(2)3/h5-12,14,20H,4,13H2,1-3H3. The van der Waals surface area contributed by atoms with E-state index in [0.717, 1.165) is 23.5 Å². The Labute approximate surface area is 126 Å². The van der Waals surface area contributed by atoms with Crippen LogP contribution >= 0.6 is 0 Å². The van der Waals surface area contributed by atoms with Gasteiger partial charge in [-0.25, -0.2) is 4.39 Å². The van der Waals surface area contributed by atoms with Crippen molar-refractivity contribution in [3.8, 4) is 0 Å². The molecule has 0 radical (unpaired) electrons. The average molecular weight is 286 g/mol. The number of benzene rings is 2. The van der Waals surface area contributed by atoms with Crippen LogP contribution in [0.1, 0.15) is 26.3 Å². The van der Waals surface area contributed by atoms with Gasteiger partial charge >= 0.3 is 0 Å². The molecule has 0 aliphatic rings. The van der Waals surface area contributed by atoms with Gasteiger partial charge in [0.2, 0.25) is 0 Å². The molecule has 0 saturated carbocycles. The molecular formula is C18H23FN2. The molecule has 2 aromatic carbocycles. The van der Waals surface area contributed by atoms with E-state index >= 15 is 0 Å². The minimum Gasteiger partial charge on any atom is -0.342 e. The molecule has 21 heavy (non-hydrogen) atoms. The Morgan fingerprint density at radius 2 is 1.81 bits per heavy atom. The molecule has 2 nitrogen and oxygen atoms in total.